The molecule has 1 saturated carbocycles. The van der Waals surface area contributed by atoms with E-state index < -0.39 is 29.3 Å². The van der Waals surface area contributed by atoms with Gasteiger partial charge < -0.3 is 15.0 Å². The second kappa shape index (κ2) is 12.1. The molecule has 0 unspecified atom stereocenters. The predicted molar refractivity (Wildman–Crippen MR) is 149 cm³/mol. The van der Waals surface area contributed by atoms with Crippen LogP contribution in [0.3, 0.4) is 0 Å². The molecule has 7 nitrogen and oxygen atoms in total. The number of carbonyl (C=O) groups is 2. The highest BCUT2D eigenvalue weighted by atomic mass is 79.9. The van der Waals surface area contributed by atoms with Crippen molar-refractivity contribution in [1.82, 2.24) is 4.90 Å². The van der Waals surface area contributed by atoms with E-state index in [0.29, 0.717) is 36.3 Å². The van der Waals surface area contributed by atoms with Crippen LogP contribution in [0.15, 0.2) is 45.8 Å². The molecule has 37 heavy (non-hydrogen) atoms. The summed E-state index contributed by atoms with van der Waals surface area (Å²) in [4.78, 5) is 26.6. The number of hydrogen-bond acceptors (Lipinski definition) is 5. The average Bonchev–Trinajstić information content (AvgIpc) is 3.65. The van der Waals surface area contributed by atoms with E-state index in [9.17, 15) is 22.4 Å². The zero-order valence-corrected chi connectivity index (χ0v) is 25.0. The van der Waals surface area contributed by atoms with Gasteiger partial charge in [0.2, 0.25) is 5.91 Å². The zero-order chi connectivity index (χ0) is 27.4. The standard InChI is InChI=1S/C26H34BrFN2O5SSi/c1-30(26(32)35-13-14-37(2,3)4)17-19-16-21(7-11-24(19)36(33,34)22-8-9-22)29-25(31)12-5-18-15-20(27)6-10-23(18)28/h6-7,10-11,15-16,22H,5,8-9,12-14,17H2,1-4H3,(H,29,31). The van der Waals surface area contributed by atoms with Crippen molar-refractivity contribution in [2.45, 2.75) is 68.1 Å². The molecule has 202 valence electrons. The summed E-state index contributed by atoms with van der Waals surface area (Å²) >= 11 is 3.30. The van der Waals surface area contributed by atoms with E-state index in [2.05, 4.69) is 40.9 Å². The van der Waals surface area contributed by atoms with Gasteiger partial charge in [0, 0.05) is 31.7 Å². The molecule has 3 rings (SSSR count). The molecule has 0 bridgehead atoms. The van der Waals surface area contributed by atoms with Gasteiger partial charge in [-0.3, -0.25) is 4.79 Å². The van der Waals surface area contributed by atoms with Crippen LogP contribution in [0, 0.1) is 5.82 Å². The van der Waals surface area contributed by atoms with Crippen LogP contribution in [0.25, 0.3) is 0 Å². The lowest BCUT2D eigenvalue weighted by atomic mass is 10.1. The molecule has 1 fully saturated rings. The average molecular weight is 614 g/mol. The lowest BCUT2D eigenvalue weighted by Gasteiger charge is -2.21. The van der Waals surface area contributed by atoms with E-state index in [1.807, 2.05) is 0 Å². The summed E-state index contributed by atoms with van der Waals surface area (Å²) in [6.07, 6.45) is 0.957. The third kappa shape index (κ3) is 8.64. The molecule has 0 heterocycles. The smallest absolute Gasteiger partial charge is 0.409 e. The molecule has 0 saturated heterocycles. The molecule has 0 atom stereocenters. The van der Waals surface area contributed by atoms with Gasteiger partial charge in [0.1, 0.15) is 5.82 Å². The number of nitrogens with zero attached hydrogens (tertiary/aromatic N) is 1. The van der Waals surface area contributed by atoms with E-state index in [1.165, 1.54) is 17.0 Å². The number of anilines is 1. The summed E-state index contributed by atoms with van der Waals surface area (Å²) in [6, 6.07) is 10.0. The van der Waals surface area contributed by atoms with E-state index in [-0.39, 0.29) is 36.0 Å². The van der Waals surface area contributed by atoms with Crippen LogP contribution in [0.2, 0.25) is 25.7 Å². The molecule has 1 aliphatic carbocycles. The van der Waals surface area contributed by atoms with E-state index in [4.69, 9.17) is 4.74 Å². The first-order chi connectivity index (χ1) is 17.3. The lowest BCUT2D eigenvalue weighted by molar-refractivity contribution is -0.116. The highest BCUT2D eigenvalue weighted by Crippen LogP contribution is 2.36. The monoisotopic (exact) mass is 612 g/mol. The number of ether oxygens (including phenoxy) is 1. The number of aryl methyl sites for hydroxylation is 1. The Labute approximate surface area is 227 Å². The van der Waals surface area contributed by atoms with Crippen LogP contribution >= 0.6 is 15.9 Å². The molecule has 0 spiro atoms. The highest BCUT2D eigenvalue weighted by Gasteiger charge is 2.38. The SMILES string of the molecule is CN(Cc1cc(NC(=O)CCc2cc(Br)ccc2F)ccc1S(=O)(=O)C1CC1)C(=O)OCC[Si](C)(C)C. The first-order valence-corrected chi connectivity index (χ1v) is 18.3. The molecule has 0 radical (unpaired) electrons. The zero-order valence-electron chi connectivity index (χ0n) is 21.6. The van der Waals surface area contributed by atoms with Crippen LogP contribution in [-0.2, 0) is 32.3 Å². The molecule has 11 heteroatoms. The Morgan fingerprint density at radius 2 is 1.84 bits per heavy atom. The van der Waals surface area contributed by atoms with Crippen molar-refractivity contribution in [3.8, 4) is 0 Å². The normalized spacial score (nSPS) is 13.8. The van der Waals surface area contributed by atoms with Crippen molar-refractivity contribution >= 4 is 51.5 Å². The molecular weight excluding hydrogens is 579 g/mol. The topological polar surface area (TPSA) is 92.8 Å². The molecule has 0 aliphatic heterocycles. The van der Waals surface area contributed by atoms with Crippen molar-refractivity contribution in [1.29, 1.82) is 0 Å². The van der Waals surface area contributed by atoms with Crippen molar-refractivity contribution in [3.63, 3.8) is 0 Å². The van der Waals surface area contributed by atoms with Crippen molar-refractivity contribution in [2.75, 3.05) is 19.0 Å². The fourth-order valence-electron chi connectivity index (χ4n) is 3.70. The molecule has 0 aromatic heterocycles. The second-order valence-electron chi connectivity index (χ2n) is 10.6. The van der Waals surface area contributed by atoms with Gasteiger partial charge in [-0.25, -0.2) is 17.6 Å². The predicted octanol–water partition coefficient (Wildman–Crippen LogP) is 6.00. The van der Waals surface area contributed by atoms with Gasteiger partial charge in [0.05, 0.1) is 23.3 Å². The van der Waals surface area contributed by atoms with Gasteiger partial charge in [-0.15, -0.1) is 0 Å². The number of halogens is 2. The van der Waals surface area contributed by atoms with E-state index >= 15 is 0 Å². The number of amides is 2. The summed E-state index contributed by atoms with van der Waals surface area (Å²) in [5.41, 5.74) is 1.24. The maximum atomic E-state index is 14.0. The maximum absolute atomic E-state index is 14.0. The van der Waals surface area contributed by atoms with Gasteiger partial charge in [0.15, 0.2) is 9.84 Å². The van der Waals surface area contributed by atoms with Crippen LogP contribution in [0.4, 0.5) is 14.9 Å². The Bertz CT molecular complexity index is 1260. The molecule has 1 N–H and O–H groups in total. The molecule has 2 aromatic rings. The molecule has 2 aromatic carbocycles. The summed E-state index contributed by atoms with van der Waals surface area (Å²) in [7, 11) is -3.35. The number of carbonyl (C=O) groups excluding carboxylic acids is 2. The Kier molecular flexibility index (Phi) is 9.57. The quantitative estimate of drug-likeness (QED) is 0.314. The van der Waals surface area contributed by atoms with Crippen LogP contribution in [0.1, 0.15) is 30.4 Å². The number of rotatable bonds is 11. The first kappa shape index (κ1) is 29.3. The van der Waals surface area contributed by atoms with Gasteiger partial charge >= 0.3 is 6.09 Å². The molecular formula is C26H34BrFN2O5SSi. The minimum atomic E-state index is -3.54. The largest absolute Gasteiger partial charge is 0.450 e. The minimum Gasteiger partial charge on any atom is -0.450 e. The van der Waals surface area contributed by atoms with Gasteiger partial charge in [0.25, 0.3) is 0 Å². The third-order valence-corrected chi connectivity index (χ3v) is 10.6. The van der Waals surface area contributed by atoms with E-state index in [0.717, 1.165) is 10.5 Å². The van der Waals surface area contributed by atoms with Crippen molar-refractivity contribution in [3.05, 3.63) is 57.8 Å². The molecule has 2 amide bonds. The van der Waals surface area contributed by atoms with Crippen LogP contribution in [-0.4, -0.2) is 52.3 Å². The Hall–Kier alpha value is -2.24. The van der Waals surface area contributed by atoms with Crippen molar-refractivity contribution in [2.24, 2.45) is 0 Å². The Morgan fingerprint density at radius 3 is 2.49 bits per heavy atom. The third-order valence-electron chi connectivity index (χ3n) is 6.04. The highest BCUT2D eigenvalue weighted by molar-refractivity contribution is 9.10. The number of hydrogen-bond donors (Lipinski definition) is 1. The summed E-state index contributed by atoms with van der Waals surface area (Å²) < 4.78 is 46.2. The fraction of sp³-hybridized carbons (Fsp3) is 0.462. The van der Waals surface area contributed by atoms with Gasteiger partial charge in [-0.1, -0.05) is 35.6 Å². The fourth-order valence-corrected chi connectivity index (χ4v) is 6.68. The number of benzene rings is 2. The first-order valence-electron chi connectivity index (χ1n) is 12.2. The van der Waals surface area contributed by atoms with E-state index in [1.54, 1.807) is 31.3 Å². The maximum Gasteiger partial charge on any atom is 0.409 e. The Morgan fingerprint density at radius 1 is 1.14 bits per heavy atom. The molecule has 1 aliphatic rings. The van der Waals surface area contributed by atoms with Gasteiger partial charge in [-0.05, 0) is 72.8 Å². The summed E-state index contributed by atoms with van der Waals surface area (Å²) in [6.45, 7) is 6.90. The van der Waals surface area contributed by atoms with Crippen LogP contribution < -0.4 is 5.32 Å². The second-order valence-corrected chi connectivity index (χ2v) is 19.4. The van der Waals surface area contributed by atoms with Crippen LogP contribution in [0.5, 0.6) is 0 Å². The number of nitrogens with one attached hydrogen (secondary N) is 1. The Balaban J connectivity index is 1.72. The van der Waals surface area contributed by atoms with Crippen molar-refractivity contribution < 1.29 is 27.1 Å². The summed E-state index contributed by atoms with van der Waals surface area (Å²) in [5.74, 6) is -0.713. The lowest BCUT2D eigenvalue weighted by Crippen LogP contribution is -2.30. The number of sulfone groups is 1. The van der Waals surface area contributed by atoms with Gasteiger partial charge in [-0.2, -0.15) is 0 Å². The summed E-state index contributed by atoms with van der Waals surface area (Å²) in [5, 5.41) is 2.35. The minimum absolute atomic E-state index is 0.0139.